The number of likely N-dealkylation sites (tertiary alicyclic amines) is 1. The van der Waals surface area contributed by atoms with Gasteiger partial charge in [0, 0.05) is 37.0 Å². The summed E-state index contributed by atoms with van der Waals surface area (Å²) >= 11 is 0. The Balaban J connectivity index is 1.52. The van der Waals surface area contributed by atoms with Gasteiger partial charge in [-0.1, -0.05) is 13.8 Å². The number of fused-ring (bicyclic) bond motifs is 1. The summed E-state index contributed by atoms with van der Waals surface area (Å²) in [7, 11) is 0. The third-order valence-electron chi connectivity index (χ3n) is 6.13. The molecule has 0 bridgehead atoms. The smallest absolute Gasteiger partial charge is 0.367 e. The maximum absolute atomic E-state index is 13.5. The zero-order valence-corrected chi connectivity index (χ0v) is 15.1. The lowest BCUT2D eigenvalue weighted by Gasteiger charge is -2.32. The highest BCUT2D eigenvalue weighted by Crippen LogP contribution is 2.43. The van der Waals surface area contributed by atoms with Gasteiger partial charge in [-0.25, -0.2) is 4.68 Å². The summed E-state index contributed by atoms with van der Waals surface area (Å²) in [5.74, 6) is 1.26. The highest BCUT2D eigenvalue weighted by molar-refractivity contribution is 5.82. The first-order valence-corrected chi connectivity index (χ1v) is 9.49. The van der Waals surface area contributed by atoms with Gasteiger partial charge in [0.25, 0.3) is 0 Å². The standard InChI is InChI=1S/C18H25F3N4O/c1-3-12-7-15(18(19,20)21)25-16(22-12)8-14(23-25)11-4-5-24(9-11)17(26)13-6-10(13)2/h8,10-13,15,22H,3-7,9H2,1-2H3/t10-,11-,12-,13-,15-/m1/s1. The van der Waals surface area contributed by atoms with E-state index in [1.54, 1.807) is 6.07 Å². The lowest BCUT2D eigenvalue weighted by molar-refractivity contribution is -0.173. The van der Waals surface area contributed by atoms with Crippen molar-refractivity contribution in [2.45, 2.75) is 63.7 Å². The third-order valence-corrected chi connectivity index (χ3v) is 6.13. The van der Waals surface area contributed by atoms with Gasteiger partial charge in [-0.3, -0.25) is 4.79 Å². The van der Waals surface area contributed by atoms with Gasteiger partial charge in [0.1, 0.15) is 5.82 Å². The normalized spacial score (nSPS) is 33.7. The lowest BCUT2D eigenvalue weighted by Crippen LogP contribution is -2.38. The van der Waals surface area contributed by atoms with Gasteiger partial charge in [-0.2, -0.15) is 18.3 Å². The average molecular weight is 370 g/mol. The molecular weight excluding hydrogens is 345 g/mol. The minimum absolute atomic E-state index is 0.00294. The molecule has 2 aliphatic heterocycles. The molecule has 0 radical (unpaired) electrons. The molecule has 0 unspecified atom stereocenters. The van der Waals surface area contributed by atoms with E-state index in [9.17, 15) is 18.0 Å². The fraction of sp³-hybridized carbons (Fsp3) is 0.778. The van der Waals surface area contributed by atoms with Gasteiger partial charge in [0.05, 0.1) is 5.69 Å². The zero-order chi connectivity index (χ0) is 18.6. The summed E-state index contributed by atoms with van der Waals surface area (Å²) < 4.78 is 41.5. The van der Waals surface area contributed by atoms with Crippen LogP contribution in [0.25, 0.3) is 0 Å². The second-order valence-corrected chi connectivity index (χ2v) is 8.03. The topological polar surface area (TPSA) is 50.2 Å². The second kappa shape index (κ2) is 6.16. The Bertz CT molecular complexity index is 701. The van der Waals surface area contributed by atoms with E-state index in [1.807, 2.05) is 11.8 Å². The van der Waals surface area contributed by atoms with Crippen LogP contribution < -0.4 is 5.32 Å². The number of aromatic nitrogens is 2. The average Bonchev–Trinajstić information content (AvgIpc) is 3.02. The number of carbonyl (C=O) groups is 1. The molecule has 1 amide bonds. The van der Waals surface area contributed by atoms with Crippen molar-refractivity contribution in [3.63, 3.8) is 0 Å². The van der Waals surface area contributed by atoms with E-state index < -0.39 is 12.2 Å². The minimum atomic E-state index is -4.31. The van der Waals surface area contributed by atoms with Crippen LogP contribution in [0.2, 0.25) is 0 Å². The van der Waals surface area contributed by atoms with Crippen molar-refractivity contribution in [2.75, 3.05) is 18.4 Å². The van der Waals surface area contributed by atoms with Crippen molar-refractivity contribution < 1.29 is 18.0 Å². The molecule has 8 heteroatoms. The molecule has 1 N–H and O–H groups in total. The van der Waals surface area contributed by atoms with Crippen LogP contribution in [0, 0.1) is 11.8 Å². The van der Waals surface area contributed by atoms with Crippen molar-refractivity contribution in [2.24, 2.45) is 11.8 Å². The molecule has 4 rings (SSSR count). The van der Waals surface area contributed by atoms with E-state index in [0.717, 1.165) is 17.5 Å². The molecule has 144 valence electrons. The Labute approximate surface area is 150 Å². The SMILES string of the molecule is CC[C@@H]1C[C@H](C(F)(F)F)n2nc([C@@H]3CCN(C(=O)[C@@H]4C[C@H]4C)C3)cc2N1. The fourth-order valence-electron chi connectivity index (χ4n) is 4.24. The lowest BCUT2D eigenvalue weighted by atomic mass is 10.0. The largest absolute Gasteiger partial charge is 0.410 e. The van der Waals surface area contributed by atoms with Gasteiger partial charge in [-0.05, 0) is 31.6 Å². The number of alkyl halides is 3. The van der Waals surface area contributed by atoms with E-state index in [2.05, 4.69) is 17.3 Å². The van der Waals surface area contributed by atoms with Crippen LogP contribution in [0.5, 0.6) is 0 Å². The van der Waals surface area contributed by atoms with Crippen LogP contribution in [0.4, 0.5) is 19.0 Å². The van der Waals surface area contributed by atoms with Crippen molar-refractivity contribution in [3.8, 4) is 0 Å². The summed E-state index contributed by atoms with van der Waals surface area (Å²) in [6.45, 7) is 5.19. The molecule has 0 aromatic carbocycles. The van der Waals surface area contributed by atoms with Gasteiger partial charge >= 0.3 is 6.18 Å². The van der Waals surface area contributed by atoms with E-state index in [4.69, 9.17) is 0 Å². The van der Waals surface area contributed by atoms with Gasteiger partial charge in [-0.15, -0.1) is 0 Å². The van der Waals surface area contributed by atoms with Gasteiger partial charge < -0.3 is 10.2 Å². The molecule has 1 saturated carbocycles. The first kappa shape index (κ1) is 17.7. The number of halogens is 3. The maximum atomic E-state index is 13.5. The molecule has 1 saturated heterocycles. The second-order valence-electron chi connectivity index (χ2n) is 8.03. The highest BCUT2D eigenvalue weighted by Gasteiger charge is 2.47. The van der Waals surface area contributed by atoms with Crippen molar-refractivity contribution in [1.29, 1.82) is 0 Å². The number of amides is 1. The minimum Gasteiger partial charge on any atom is -0.367 e. The fourth-order valence-corrected chi connectivity index (χ4v) is 4.24. The van der Waals surface area contributed by atoms with Crippen LogP contribution in [0.15, 0.2) is 6.07 Å². The Morgan fingerprint density at radius 2 is 2.12 bits per heavy atom. The van der Waals surface area contributed by atoms with E-state index in [0.29, 0.717) is 36.9 Å². The quantitative estimate of drug-likeness (QED) is 0.885. The molecule has 3 heterocycles. The molecule has 26 heavy (non-hydrogen) atoms. The third kappa shape index (κ3) is 3.07. The molecule has 1 aromatic rings. The highest BCUT2D eigenvalue weighted by atomic mass is 19.4. The monoisotopic (exact) mass is 370 g/mol. The number of anilines is 1. The predicted octanol–water partition coefficient (Wildman–Crippen LogP) is 3.55. The molecular formula is C18H25F3N4O. The Morgan fingerprint density at radius 1 is 1.38 bits per heavy atom. The Morgan fingerprint density at radius 3 is 2.73 bits per heavy atom. The van der Waals surface area contributed by atoms with Crippen LogP contribution in [0.3, 0.4) is 0 Å². The number of hydrogen-bond donors (Lipinski definition) is 1. The molecule has 5 nitrogen and oxygen atoms in total. The zero-order valence-electron chi connectivity index (χ0n) is 15.1. The van der Waals surface area contributed by atoms with E-state index >= 15 is 0 Å². The molecule has 2 fully saturated rings. The van der Waals surface area contributed by atoms with E-state index in [-0.39, 0.29) is 30.2 Å². The van der Waals surface area contributed by atoms with Crippen LogP contribution in [-0.4, -0.2) is 45.9 Å². The number of hydrogen-bond acceptors (Lipinski definition) is 3. The number of carbonyl (C=O) groups excluding carboxylic acids is 1. The summed E-state index contributed by atoms with van der Waals surface area (Å²) in [4.78, 5) is 14.3. The van der Waals surface area contributed by atoms with Crippen LogP contribution in [-0.2, 0) is 4.79 Å². The molecule has 1 aromatic heterocycles. The van der Waals surface area contributed by atoms with Gasteiger partial charge in [0.2, 0.25) is 5.91 Å². The summed E-state index contributed by atoms with van der Waals surface area (Å²) in [5, 5.41) is 7.50. The number of nitrogens with zero attached hydrogens (tertiary/aromatic N) is 3. The first-order chi connectivity index (χ1) is 12.3. The van der Waals surface area contributed by atoms with Crippen molar-refractivity contribution in [1.82, 2.24) is 14.7 Å². The van der Waals surface area contributed by atoms with E-state index in [1.165, 1.54) is 0 Å². The molecule has 5 atom stereocenters. The Kier molecular flexibility index (Phi) is 4.19. The first-order valence-electron chi connectivity index (χ1n) is 9.49. The summed E-state index contributed by atoms with van der Waals surface area (Å²) in [5.41, 5.74) is 0.664. The number of rotatable bonds is 3. The molecule has 1 aliphatic carbocycles. The maximum Gasteiger partial charge on any atom is 0.410 e. The van der Waals surface area contributed by atoms with Crippen molar-refractivity contribution >= 4 is 11.7 Å². The predicted molar refractivity (Wildman–Crippen MR) is 90.8 cm³/mol. The molecule has 0 spiro atoms. The van der Waals surface area contributed by atoms with Crippen molar-refractivity contribution in [3.05, 3.63) is 11.8 Å². The van der Waals surface area contributed by atoms with Crippen LogP contribution in [0.1, 0.15) is 57.2 Å². The molecule has 3 aliphatic rings. The summed E-state index contributed by atoms with van der Waals surface area (Å²) in [6, 6.07) is -0.0283. The summed E-state index contributed by atoms with van der Waals surface area (Å²) in [6.07, 6.45) is -1.96. The Hall–Kier alpha value is -1.73. The van der Waals surface area contributed by atoms with Crippen LogP contribution >= 0.6 is 0 Å². The van der Waals surface area contributed by atoms with Gasteiger partial charge in [0.15, 0.2) is 6.04 Å². The number of nitrogens with one attached hydrogen (secondary N) is 1.